The zero-order valence-corrected chi connectivity index (χ0v) is 13.6. The van der Waals surface area contributed by atoms with E-state index in [0.29, 0.717) is 6.42 Å². The first-order valence-electron chi connectivity index (χ1n) is 6.82. The lowest BCUT2D eigenvalue weighted by Gasteiger charge is -2.31. The topological polar surface area (TPSA) is 49.3 Å². The van der Waals surface area contributed by atoms with E-state index in [1.165, 1.54) is 0 Å². The minimum atomic E-state index is -1.13. The van der Waals surface area contributed by atoms with Crippen LogP contribution in [0, 0.1) is 6.92 Å². The number of carboxylic acids is 1. The molecule has 0 aromatic heterocycles. The molecule has 0 heterocycles. The fourth-order valence-electron chi connectivity index (χ4n) is 2.40. The molecule has 0 aliphatic heterocycles. The van der Waals surface area contributed by atoms with Crippen molar-refractivity contribution in [3.05, 3.63) is 64.1 Å². The van der Waals surface area contributed by atoms with E-state index in [0.717, 1.165) is 21.3 Å². The molecule has 0 radical (unpaired) electrons. The summed E-state index contributed by atoms with van der Waals surface area (Å²) in [5.74, 6) is -0.881. The Morgan fingerprint density at radius 1 is 1.24 bits per heavy atom. The summed E-state index contributed by atoms with van der Waals surface area (Å²) in [6, 6.07) is 15.1. The molecule has 3 nitrogen and oxygen atoms in total. The summed E-state index contributed by atoms with van der Waals surface area (Å²) in [6.45, 7) is 3.86. The summed E-state index contributed by atoms with van der Waals surface area (Å²) in [5, 5.41) is 13.0. The van der Waals surface area contributed by atoms with Crippen LogP contribution in [-0.2, 0) is 10.3 Å². The highest BCUT2D eigenvalue weighted by Gasteiger charge is 2.38. The predicted octanol–water partition coefficient (Wildman–Crippen LogP) is 4.56. The first-order valence-corrected chi connectivity index (χ1v) is 7.61. The number of hydrogen-bond acceptors (Lipinski definition) is 2. The van der Waals surface area contributed by atoms with Gasteiger partial charge >= 0.3 is 5.97 Å². The van der Waals surface area contributed by atoms with Crippen molar-refractivity contribution in [1.82, 2.24) is 0 Å². The van der Waals surface area contributed by atoms with Crippen molar-refractivity contribution in [2.75, 3.05) is 5.32 Å². The molecule has 2 N–H and O–H groups in total. The summed E-state index contributed by atoms with van der Waals surface area (Å²) < 4.78 is 0.928. The molecule has 21 heavy (non-hydrogen) atoms. The van der Waals surface area contributed by atoms with Crippen molar-refractivity contribution in [1.29, 1.82) is 0 Å². The van der Waals surface area contributed by atoms with Crippen LogP contribution in [0.3, 0.4) is 0 Å². The van der Waals surface area contributed by atoms with Gasteiger partial charge in [0.2, 0.25) is 0 Å². The number of carbonyl (C=O) groups is 1. The van der Waals surface area contributed by atoms with Crippen molar-refractivity contribution in [2.45, 2.75) is 25.8 Å². The van der Waals surface area contributed by atoms with Gasteiger partial charge in [0.15, 0.2) is 5.54 Å². The van der Waals surface area contributed by atoms with Crippen LogP contribution in [0.4, 0.5) is 5.69 Å². The highest BCUT2D eigenvalue weighted by Crippen LogP contribution is 2.31. The number of benzene rings is 2. The predicted molar refractivity (Wildman–Crippen MR) is 88.5 cm³/mol. The number of rotatable bonds is 5. The Kier molecular flexibility index (Phi) is 4.68. The molecular formula is C17H18BrNO2. The van der Waals surface area contributed by atoms with Gasteiger partial charge in [-0.3, -0.25) is 0 Å². The molecule has 2 aromatic carbocycles. The van der Waals surface area contributed by atoms with Crippen LogP contribution in [0.15, 0.2) is 53.0 Å². The molecule has 0 aliphatic rings. The first-order chi connectivity index (χ1) is 9.98. The Balaban J connectivity index is 2.46. The Morgan fingerprint density at radius 2 is 1.90 bits per heavy atom. The standard InChI is InChI=1S/C17H18BrNO2/c1-3-17(16(20)21,13-7-9-14(18)10-8-13)19-15-6-4-5-12(2)11-15/h4-11,19H,3H2,1-2H3,(H,20,21). The van der Waals surface area contributed by atoms with Gasteiger partial charge in [0, 0.05) is 10.2 Å². The second-order valence-corrected chi connectivity index (χ2v) is 5.98. The smallest absolute Gasteiger partial charge is 0.334 e. The lowest BCUT2D eigenvalue weighted by Crippen LogP contribution is -2.43. The summed E-state index contributed by atoms with van der Waals surface area (Å²) >= 11 is 3.38. The van der Waals surface area contributed by atoms with Gasteiger partial charge in [-0.05, 0) is 48.7 Å². The molecule has 0 amide bonds. The Bertz CT molecular complexity index is 639. The van der Waals surface area contributed by atoms with Crippen molar-refractivity contribution >= 4 is 27.6 Å². The lowest BCUT2D eigenvalue weighted by molar-refractivity contribution is -0.142. The summed E-state index contributed by atoms with van der Waals surface area (Å²) in [5.41, 5.74) is 1.50. The van der Waals surface area contributed by atoms with Gasteiger partial charge in [-0.25, -0.2) is 4.79 Å². The van der Waals surface area contributed by atoms with Crippen LogP contribution in [0.2, 0.25) is 0 Å². The number of aliphatic carboxylic acids is 1. The van der Waals surface area contributed by atoms with Crippen LogP contribution in [0.25, 0.3) is 0 Å². The number of carboxylic acid groups (broad SMARTS) is 1. The second-order valence-electron chi connectivity index (χ2n) is 5.07. The van der Waals surface area contributed by atoms with Crippen LogP contribution in [0.1, 0.15) is 24.5 Å². The van der Waals surface area contributed by atoms with E-state index in [-0.39, 0.29) is 0 Å². The highest BCUT2D eigenvalue weighted by molar-refractivity contribution is 9.10. The van der Waals surface area contributed by atoms with Gasteiger partial charge in [-0.15, -0.1) is 0 Å². The molecule has 0 aliphatic carbocycles. The summed E-state index contributed by atoms with van der Waals surface area (Å²) in [7, 11) is 0. The van der Waals surface area contributed by atoms with Crippen molar-refractivity contribution in [3.63, 3.8) is 0 Å². The summed E-state index contributed by atoms with van der Waals surface area (Å²) in [4.78, 5) is 12.0. The maximum absolute atomic E-state index is 12.0. The molecule has 4 heteroatoms. The van der Waals surface area contributed by atoms with Crippen molar-refractivity contribution in [3.8, 4) is 0 Å². The number of anilines is 1. The van der Waals surface area contributed by atoms with E-state index < -0.39 is 11.5 Å². The average molecular weight is 348 g/mol. The van der Waals surface area contributed by atoms with E-state index in [1.54, 1.807) is 0 Å². The fourth-order valence-corrected chi connectivity index (χ4v) is 2.66. The molecule has 0 bridgehead atoms. The number of nitrogens with one attached hydrogen (secondary N) is 1. The van der Waals surface area contributed by atoms with Crippen molar-refractivity contribution in [2.24, 2.45) is 0 Å². The number of halogens is 1. The maximum Gasteiger partial charge on any atom is 0.334 e. The first kappa shape index (κ1) is 15.6. The van der Waals surface area contributed by atoms with Gasteiger partial charge < -0.3 is 10.4 Å². The second kappa shape index (κ2) is 6.31. The normalized spacial score (nSPS) is 13.5. The highest BCUT2D eigenvalue weighted by atomic mass is 79.9. The van der Waals surface area contributed by atoms with Gasteiger partial charge in [0.05, 0.1) is 0 Å². The quantitative estimate of drug-likeness (QED) is 0.833. The zero-order chi connectivity index (χ0) is 15.5. The molecular weight excluding hydrogens is 330 g/mol. The Morgan fingerprint density at radius 3 is 2.43 bits per heavy atom. The molecule has 2 aromatic rings. The number of aryl methyl sites for hydroxylation is 1. The third-order valence-corrected chi connectivity index (χ3v) is 4.14. The zero-order valence-electron chi connectivity index (χ0n) is 12.1. The van der Waals surface area contributed by atoms with E-state index in [4.69, 9.17) is 0 Å². The van der Waals surface area contributed by atoms with Crippen LogP contribution >= 0.6 is 15.9 Å². The van der Waals surface area contributed by atoms with Crippen molar-refractivity contribution < 1.29 is 9.90 Å². The monoisotopic (exact) mass is 347 g/mol. The largest absolute Gasteiger partial charge is 0.479 e. The van der Waals surface area contributed by atoms with Crippen LogP contribution in [-0.4, -0.2) is 11.1 Å². The van der Waals surface area contributed by atoms with Crippen LogP contribution in [0.5, 0.6) is 0 Å². The molecule has 0 saturated carbocycles. The third kappa shape index (κ3) is 3.27. The number of hydrogen-bond donors (Lipinski definition) is 2. The van der Waals surface area contributed by atoms with Crippen LogP contribution < -0.4 is 5.32 Å². The summed E-state index contributed by atoms with van der Waals surface area (Å²) in [6.07, 6.45) is 0.442. The fraction of sp³-hybridized carbons (Fsp3) is 0.235. The minimum absolute atomic E-state index is 0.442. The lowest BCUT2D eigenvalue weighted by atomic mass is 9.87. The average Bonchev–Trinajstić information content (AvgIpc) is 2.45. The Hall–Kier alpha value is -1.81. The minimum Gasteiger partial charge on any atom is -0.479 e. The van der Waals surface area contributed by atoms with Gasteiger partial charge in [-0.1, -0.05) is 47.1 Å². The molecule has 0 saturated heterocycles. The molecule has 1 unspecified atom stereocenters. The van der Waals surface area contributed by atoms with E-state index in [1.807, 2.05) is 62.4 Å². The third-order valence-electron chi connectivity index (χ3n) is 3.61. The Labute approximate surface area is 133 Å². The van der Waals surface area contributed by atoms with Gasteiger partial charge in [0.25, 0.3) is 0 Å². The van der Waals surface area contributed by atoms with E-state index in [9.17, 15) is 9.90 Å². The molecule has 1 atom stereocenters. The SMILES string of the molecule is CCC(Nc1cccc(C)c1)(C(=O)O)c1ccc(Br)cc1. The molecule has 2 rings (SSSR count). The maximum atomic E-state index is 12.0. The molecule has 0 spiro atoms. The van der Waals surface area contributed by atoms with E-state index >= 15 is 0 Å². The molecule has 0 fully saturated rings. The van der Waals surface area contributed by atoms with E-state index in [2.05, 4.69) is 21.2 Å². The van der Waals surface area contributed by atoms with Gasteiger partial charge in [-0.2, -0.15) is 0 Å². The van der Waals surface area contributed by atoms with Gasteiger partial charge in [0.1, 0.15) is 0 Å². The molecule has 110 valence electrons.